The number of aryl methyl sites for hydroxylation is 1. The lowest BCUT2D eigenvalue weighted by atomic mass is 10.2. The number of carbonyl (C=O) groups is 1. The van der Waals surface area contributed by atoms with Crippen molar-refractivity contribution in [2.75, 3.05) is 0 Å². The van der Waals surface area contributed by atoms with Crippen molar-refractivity contribution in [2.45, 2.75) is 13.5 Å². The molecule has 6 heteroatoms. The van der Waals surface area contributed by atoms with Crippen LogP contribution in [0.5, 0.6) is 0 Å². The number of benzene rings is 1. The molecule has 2 rings (SSSR count). The average Bonchev–Trinajstić information content (AvgIpc) is 2.77. The van der Waals surface area contributed by atoms with Gasteiger partial charge < -0.3 is 4.57 Å². The zero-order valence-electron chi connectivity index (χ0n) is 10.4. The third-order valence-electron chi connectivity index (χ3n) is 2.54. The van der Waals surface area contributed by atoms with Crippen LogP contribution in [0.15, 0.2) is 41.8 Å². The van der Waals surface area contributed by atoms with Gasteiger partial charge in [-0.15, -0.1) is 0 Å². The van der Waals surface area contributed by atoms with Gasteiger partial charge in [-0.3, -0.25) is 4.79 Å². The van der Waals surface area contributed by atoms with Crippen molar-refractivity contribution in [3.05, 3.63) is 53.1 Å². The van der Waals surface area contributed by atoms with Gasteiger partial charge in [0.1, 0.15) is 12.4 Å². The quantitative estimate of drug-likeness (QED) is 0.686. The highest BCUT2D eigenvalue weighted by Crippen LogP contribution is 2.11. The molecule has 0 unspecified atom stereocenters. The molecule has 1 aromatic carbocycles. The SMILES string of the molecule is Cc1nccn1CC(=O)N/N=C/c1ccccc1Cl. The number of nitrogens with zero attached hydrogens (tertiary/aromatic N) is 3. The lowest BCUT2D eigenvalue weighted by Gasteiger charge is -2.03. The smallest absolute Gasteiger partial charge is 0.260 e. The molecular formula is C13H13ClN4O. The molecule has 0 aliphatic rings. The van der Waals surface area contributed by atoms with Gasteiger partial charge >= 0.3 is 0 Å². The molecule has 1 heterocycles. The molecule has 0 bridgehead atoms. The maximum Gasteiger partial charge on any atom is 0.260 e. The van der Waals surface area contributed by atoms with Crippen molar-refractivity contribution in [3.63, 3.8) is 0 Å². The van der Waals surface area contributed by atoms with E-state index in [0.717, 1.165) is 11.4 Å². The van der Waals surface area contributed by atoms with Crippen LogP contribution in [0.1, 0.15) is 11.4 Å². The van der Waals surface area contributed by atoms with Crippen LogP contribution in [0.3, 0.4) is 0 Å². The summed E-state index contributed by atoms with van der Waals surface area (Å²) in [5.41, 5.74) is 3.20. The molecule has 0 atom stereocenters. The summed E-state index contributed by atoms with van der Waals surface area (Å²) in [4.78, 5) is 15.7. The number of imidazole rings is 1. The second-order valence-corrected chi connectivity index (χ2v) is 4.32. The second kappa shape index (κ2) is 6.15. The fraction of sp³-hybridized carbons (Fsp3) is 0.154. The highest BCUT2D eigenvalue weighted by atomic mass is 35.5. The minimum absolute atomic E-state index is 0.186. The van der Waals surface area contributed by atoms with E-state index in [1.54, 1.807) is 23.0 Å². The molecule has 1 amide bonds. The predicted molar refractivity (Wildman–Crippen MR) is 74.2 cm³/mol. The van der Waals surface area contributed by atoms with E-state index < -0.39 is 0 Å². The van der Waals surface area contributed by atoms with Gasteiger partial charge in [-0.1, -0.05) is 29.8 Å². The van der Waals surface area contributed by atoms with Gasteiger partial charge in [0.2, 0.25) is 0 Å². The molecule has 0 aliphatic heterocycles. The molecule has 2 aromatic rings. The Labute approximate surface area is 115 Å². The average molecular weight is 277 g/mol. The van der Waals surface area contributed by atoms with E-state index in [1.165, 1.54) is 6.21 Å². The van der Waals surface area contributed by atoms with E-state index in [2.05, 4.69) is 15.5 Å². The topological polar surface area (TPSA) is 59.3 Å². The molecule has 0 saturated carbocycles. The number of hydrogen-bond donors (Lipinski definition) is 1. The first-order valence-electron chi connectivity index (χ1n) is 5.71. The van der Waals surface area contributed by atoms with Gasteiger partial charge in [-0.2, -0.15) is 5.10 Å². The molecular weight excluding hydrogens is 264 g/mol. The minimum atomic E-state index is -0.218. The third-order valence-corrected chi connectivity index (χ3v) is 2.88. The van der Waals surface area contributed by atoms with E-state index in [9.17, 15) is 4.79 Å². The molecule has 0 aliphatic carbocycles. The highest BCUT2D eigenvalue weighted by Gasteiger charge is 2.03. The Morgan fingerprint density at radius 1 is 1.53 bits per heavy atom. The lowest BCUT2D eigenvalue weighted by Crippen LogP contribution is -2.23. The normalized spacial score (nSPS) is 10.8. The summed E-state index contributed by atoms with van der Waals surface area (Å²) in [6, 6.07) is 7.27. The standard InChI is InChI=1S/C13H13ClN4O/c1-10-15-6-7-18(10)9-13(19)17-16-8-11-4-2-3-5-12(11)14/h2-8H,9H2,1H3,(H,17,19)/b16-8+. The van der Waals surface area contributed by atoms with E-state index >= 15 is 0 Å². The number of carbonyl (C=O) groups excluding carboxylic acids is 1. The predicted octanol–water partition coefficient (Wildman–Crippen LogP) is 2.00. The molecule has 0 fully saturated rings. The van der Waals surface area contributed by atoms with Crippen LogP contribution < -0.4 is 5.43 Å². The van der Waals surface area contributed by atoms with Crippen molar-refractivity contribution in [1.82, 2.24) is 15.0 Å². The number of aromatic nitrogens is 2. The zero-order chi connectivity index (χ0) is 13.7. The molecule has 1 aromatic heterocycles. The number of rotatable bonds is 4. The fourth-order valence-corrected chi connectivity index (χ4v) is 1.70. The summed E-state index contributed by atoms with van der Waals surface area (Å²) in [5.74, 6) is 0.564. The molecule has 98 valence electrons. The van der Waals surface area contributed by atoms with Gasteiger partial charge in [0.05, 0.1) is 6.21 Å². The summed E-state index contributed by atoms with van der Waals surface area (Å²) >= 11 is 5.96. The van der Waals surface area contributed by atoms with Crippen LogP contribution in [0.2, 0.25) is 5.02 Å². The monoisotopic (exact) mass is 276 g/mol. The molecule has 0 spiro atoms. The number of halogens is 1. The Bertz CT molecular complexity index is 606. The van der Waals surface area contributed by atoms with Crippen LogP contribution in [-0.2, 0) is 11.3 Å². The first kappa shape index (κ1) is 13.3. The Morgan fingerprint density at radius 2 is 2.32 bits per heavy atom. The highest BCUT2D eigenvalue weighted by molar-refractivity contribution is 6.33. The molecule has 0 saturated heterocycles. The number of nitrogens with one attached hydrogen (secondary N) is 1. The second-order valence-electron chi connectivity index (χ2n) is 3.92. The van der Waals surface area contributed by atoms with E-state index in [1.807, 2.05) is 25.1 Å². The van der Waals surface area contributed by atoms with E-state index in [4.69, 9.17) is 11.6 Å². The summed E-state index contributed by atoms with van der Waals surface area (Å²) < 4.78 is 1.74. The van der Waals surface area contributed by atoms with E-state index in [0.29, 0.717) is 5.02 Å². The van der Waals surface area contributed by atoms with Crippen LogP contribution in [0.25, 0.3) is 0 Å². The Kier molecular flexibility index (Phi) is 4.30. The Balaban J connectivity index is 1.91. The largest absolute Gasteiger partial charge is 0.326 e. The number of hydrazone groups is 1. The summed E-state index contributed by atoms with van der Waals surface area (Å²) in [7, 11) is 0. The van der Waals surface area contributed by atoms with Gasteiger partial charge in [-0.05, 0) is 13.0 Å². The number of hydrogen-bond acceptors (Lipinski definition) is 3. The van der Waals surface area contributed by atoms with Crippen molar-refractivity contribution in [3.8, 4) is 0 Å². The summed E-state index contributed by atoms with van der Waals surface area (Å²) in [6.45, 7) is 2.02. The van der Waals surface area contributed by atoms with Crippen molar-refractivity contribution < 1.29 is 4.79 Å². The van der Waals surface area contributed by atoms with Crippen LogP contribution >= 0.6 is 11.6 Å². The first-order valence-corrected chi connectivity index (χ1v) is 6.09. The van der Waals surface area contributed by atoms with E-state index in [-0.39, 0.29) is 12.5 Å². The lowest BCUT2D eigenvalue weighted by molar-refractivity contribution is -0.121. The van der Waals surface area contributed by atoms with Gasteiger partial charge in [0.15, 0.2) is 0 Å². The minimum Gasteiger partial charge on any atom is -0.326 e. The maximum atomic E-state index is 11.6. The summed E-state index contributed by atoms with van der Waals surface area (Å²) in [6.07, 6.45) is 4.91. The Hall–Kier alpha value is -2.14. The fourth-order valence-electron chi connectivity index (χ4n) is 1.51. The Morgan fingerprint density at radius 3 is 3.00 bits per heavy atom. The van der Waals surface area contributed by atoms with Crippen LogP contribution in [-0.4, -0.2) is 21.7 Å². The molecule has 5 nitrogen and oxygen atoms in total. The molecule has 0 radical (unpaired) electrons. The zero-order valence-corrected chi connectivity index (χ0v) is 11.1. The first-order chi connectivity index (χ1) is 9.16. The molecule has 1 N–H and O–H groups in total. The maximum absolute atomic E-state index is 11.6. The van der Waals surface area contributed by atoms with Gasteiger partial charge in [-0.25, -0.2) is 10.4 Å². The number of amides is 1. The van der Waals surface area contributed by atoms with Crippen LogP contribution in [0, 0.1) is 6.92 Å². The van der Waals surface area contributed by atoms with Gasteiger partial charge in [0.25, 0.3) is 5.91 Å². The molecule has 19 heavy (non-hydrogen) atoms. The van der Waals surface area contributed by atoms with Crippen molar-refractivity contribution in [2.24, 2.45) is 5.10 Å². The van der Waals surface area contributed by atoms with Crippen molar-refractivity contribution in [1.29, 1.82) is 0 Å². The van der Waals surface area contributed by atoms with Crippen LogP contribution in [0.4, 0.5) is 0 Å². The van der Waals surface area contributed by atoms with Gasteiger partial charge in [0, 0.05) is 23.0 Å². The van der Waals surface area contributed by atoms with Crippen molar-refractivity contribution >= 4 is 23.7 Å². The summed E-state index contributed by atoms with van der Waals surface area (Å²) in [5, 5.41) is 4.46. The third kappa shape index (κ3) is 3.66.